The summed E-state index contributed by atoms with van der Waals surface area (Å²) in [7, 11) is 0. The van der Waals surface area contributed by atoms with Gasteiger partial charge in [-0.05, 0) is 124 Å². The first-order chi connectivity index (χ1) is 17.2. The quantitative estimate of drug-likeness (QED) is 0.260. The van der Waals surface area contributed by atoms with Crippen molar-refractivity contribution in [3.05, 3.63) is 35.4 Å². The van der Waals surface area contributed by atoms with Crippen LogP contribution in [0.15, 0.2) is 24.3 Å². The molecule has 35 heavy (non-hydrogen) atoms. The predicted molar refractivity (Wildman–Crippen MR) is 150 cm³/mol. The Labute approximate surface area is 217 Å². The molecular formula is C34H55F. The molecule has 0 amide bonds. The number of hydrogen-bond donors (Lipinski definition) is 0. The third kappa shape index (κ3) is 8.60. The number of benzene rings is 1. The highest BCUT2D eigenvalue weighted by Gasteiger charge is 2.34. The summed E-state index contributed by atoms with van der Waals surface area (Å²) in [5, 5.41) is 0. The number of halogens is 1. The molecule has 0 atom stereocenters. The van der Waals surface area contributed by atoms with E-state index in [1.54, 1.807) is 5.56 Å². The number of hydrogen-bond acceptors (Lipinski definition) is 0. The van der Waals surface area contributed by atoms with E-state index in [0.717, 1.165) is 48.3 Å². The first-order valence-electron chi connectivity index (χ1n) is 15.9. The zero-order valence-electron chi connectivity index (χ0n) is 23.0. The minimum atomic E-state index is -0.120. The molecule has 0 spiro atoms. The molecule has 0 radical (unpaired) electrons. The fraction of sp³-hybridized carbons (Fsp3) is 0.824. The van der Waals surface area contributed by atoms with Gasteiger partial charge in [-0.25, -0.2) is 0 Å². The Morgan fingerprint density at radius 1 is 0.543 bits per heavy atom. The van der Waals surface area contributed by atoms with Crippen LogP contribution < -0.4 is 0 Å². The van der Waals surface area contributed by atoms with E-state index in [-0.39, 0.29) is 6.67 Å². The molecular weight excluding hydrogens is 427 g/mol. The lowest BCUT2D eigenvalue weighted by Crippen LogP contribution is -2.29. The summed E-state index contributed by atoms with van der Waals surface area (Å²) in [5.41, 5.74) is 3.05. The van der Waals surface area contributed by atoms with Gasteiger partial charge in [0.1, 0.15) is 0 Å². The standard InChI is InChI=1S/C34H55F/c1-2-6-27-8-10-29(11-9-27)12-13-30-16-20-32(21-17-30)34-24-22-33(23-25-34)31-18-14-28(15-19-31)7-4-3-5-26-35/h8-11,28,30-34H,2-7,12-26H2,1H3/t28-,30?,31-,32?,33-,34-. The fourth-order valence-corrected chi connectivity index (χ4v) is 8.22. The summed E-state index contributed by atoms with van der Waals surface area (Å²) in [6.45, 7) is 2.15. The Morgan fingerprint density at radius 3 is 1.43 bits per heavy atom. The molecule has 0 unspecified atom stereocenters. The van der Waals surface area contributed by atoms with E-state index in [1.807, 2.05) is 0 Å². The van der Waals surface area contributed by atoms with Crippen molar-refractivity contribution in [1.29, 1.82) is 0 Å². The van der Waals surface area contributed by atoms with Gasteiger partial charge in [0.05, 0.1) is 6.67 Å². The highest BCUT2D eigenvalue weighted by molar-refractivity contribution is 5.22. The van der Waals surface area contributed by atoms with Crippen LogP contribution in [0.25, 0.3) is 0 Å². The third-order valence-electron chi connectivity index (χ3n) is 10.6. The van der Waals surface area contributed by atoms with E-state index in [1.165, 1.54) is 121 Å². The summed E-state index contributed by atoms with van der Waals surface area (Å²) < 4.78 is 12.3. The van der Waals surface area contributed by atoms with Crippen molar-refractivity contribution in [2.45, 2.75) is 135 Å². The van der Waals surface area contributed by atoms with Gasteiger partial charge in [0, 0.05) is 0 Å². The van der Waals surface area contributed by atoms with Crippen LogP contribution in [0, 0.1) is 35.5 Å². The molecule has 0 N–H and O–H groups in total. The van der Waals surface area contributed by atoms with Crippen molar-refractivity contribution in [1.82, 2.24) is 0 Å². The number of alkyl halides is 1. The van der Waals surface area contributed by atoms with Gasteiger partial charge in [0.25, 0.3) is 0 Å². The van der Waals surface area contributed by atoms with Crippen LogP contribution in [-0.2, 0) is 12.8 Å². The van der Waals surface area contributed by atoms with Crippen molar-refractivity contribution in [3.8, 4) is 0 Å². The summed E-state index contributed by atoms with van der Waals surface area (Å²) >= 11 is 0. The van der Waals surface area contributed by atoms with Gasteiger partial charge < -0.3 is 0 Å². The van der Waals surface area contributed by atoms with E-state index in [9.17, 15) is 4.39 Å². The maximum Gasteiger partial charge on any atom is 0.0894 e. The SMILES string of the molecule is CCCc1ccc(CCC2CCC([C@H]3CC[C@H]([C@H]4CC[C@H](CCCCCF)CC4)CC3)CC2)cc1. The van der Waals surface area contributed by atoms with Gasteiger partial charge >= 0.3 is 0 Å². The molecule has 198 valence electrons. The molecule has 0 bridgehead atoms. The third-order valence-corrected chi connectivity index (χ3v) is 10.6. The van der Waals surface area contributed by atoms with E-state index in [0.29, 0.717) is 0 Å². The summed E-state index contributed by atoms with van der Waals surface area (Å²) in [6, 6.07) is 9.48. The lowest BCUT2D eigenvalue weighted by Gasteiger charge is -2.41. The average molecular weight is 483 g/mol. The minimum Gasteiger partial charge on any atom is -0.251 e. The molecule has 0 saturated heterocycles. The predicted octanol–water partition coefficient (Wildman–Crippen LogP) is 10.5. The lowest BCUT2D eigenvalue weighted by molar-refractivity contribution is 0.102. The Kier molecular flexibility index (Phi) is 11.5. The van der Waals surface area contributed by atoms with Crippen LogP contribution >= 0.6 is 0 Å². The first kappa shape index (κ1) is 27.2. The second kappa shape index (κ2) is 14.8. The summed E-state index contributed by atoms with van der Waals surface area (Å²) in [5.74, 6) is 6.09. The molecule has 1 heteroatoms. The molecule has 0 aliphatic heterocycles. The van der Waals surface area contributed by atoms with Gasteiger partial charge in [-0.1, -0.05) is 82.6 Å². The van der Waals surface area contributed by atoms with E-state index < -0.39 is 0 Å². The fourth-order valence-electron chi connectivity index (χ4n) is 8.22. The van der Waals surface area contributed by atoms with Crippen molar-refractivity contribution >= 4 is 0 Å². The maximum atomic E-state index is 12.3. The smallest absolute Gasteiger partial charge is 0.0894 e. The molecule has 0 nitrogen and oxygen atoms in total. The van der Waals surface area contributed by atoms with Gasteiger partial charge in [-0.3, -0.25) is 4.39 Å². The summed E-state index contributed by atoms with van der Waals surface area (Å²) in [6.07, 6.45) is 27.8. The van der Waals surface area contributed by atoms with E-state index in [4.69, 9.17) is 0 Å². The van der Waals surface area contributed by atoms with Crippen LogP contribution in [0.4, 0.5) is 4.39 Å². The maximum absolute atomic E-state index is 12.3. The van der Waals surface area contributed by atoms with Gasteiger partial charge in [0.2, 0.25) is 0 Å². The molecule has 0 heterocycles. The number of rotatable bonds is 12. The Hall–Kier alpha value is -0.850. The molecule has 4 rings (SSSR count). The first-order valence-corrected chi connectivity index (χ1v) is 15.9. The monoisotopic (exact) mass is 482 g/mol. The Morgan fingerprint density at radius 2 is 0.971 bits per heavy atom. The molecule has 3 saturated carbocycles. The van der Waals surface area contributed by atoms with Crippen molar-refractivity contribution < 1.29 is 4.39 Å². The molecule has 1 aromatic carbocycles. The molecule has 3 fully saturated rings. The van der Waals surface area contributed by atoms with Crippen LogP contribution in [0.3, 0.4) is 0 Å². The zero-order valence-corrected chi connectivity index (χ0v) is 23.0. The molecule has 3 aliphatic carbocycles. The molecule has 0 aromatic heterocycles. The molecule has 3 aliphatic rings. The normalized spacial score (nSPS) is 31.9. The summed E-state index contributed by atoms with van der Waals surface area (Å²) in [4.78, 5) is 0. The second-order valence-corrected chi connectivity index (χ2v) is 12.9. The largest absolute Gasteiger partial charge is 0.251 e. The number of unbranched alkanes of at least 4 members (excludes halogenated alkanes) is 2. The Bertz CT molecular complexity index is 669. The van der Waals surface area contributed by atoms with Crippen LogP contribution in [0.5, 0.6) is 0 Å². The average Bonchev–Trinajstić information content (AvgIpc) is 2.92. The number of aryl methyl sites for hydroxylation is 2. The van der Waals surface area contributed by atoms with Crippen molar-refractivity contribution in [2.75, 3.05) is 6.67 Å². The molecule has 1 aromatic rings. The topological polar surface area (TPSA) is 0 Å². The van der Waals surface area contributed by atoms with Crippen LogP contribution in [-0.4, -0.2) is 6.67 Å². The van der Waals surface area contributed by atoms with Gasteiger partial charge in [-0.15, -0.1) is 0 Å². The highest BCUT2D eigenvalue weighted by Crippen LogP contribution is 2.46. The Balaban J connectivity index is 1.08. The van der Waals surface area contributed by atoms with Crippen molar-refractivity contribution in [2.24, 2.45) is 35.5 Å². The lowest BCUT2D eigenvalue weighted by atomic mass is 9.64. The van der Waals surface area contributed by atoms with Gasteiger partial charge in [0.15, 0.2) is 0 Å². The van der Waals surface area contributed by atoms with Crippen molar-refractivity contribution in [3.63, 3.8) is 0 Å². The highest BCUT2D eigenvalue weighted by atomic mass is 19.1. The van der Waals surface area contributed by atoms with E-state index in [2.05, 4.69) is 31.2 Å². The van der Waals surface area contributed by atoms with Crippen LogP contribution in [0.1, 0.15) is 134 Å². The second-order valence-electron chi connectivity index (χ2n) is 12.9. The van der Waals surface area contributed by atoms with Crippen LogP contribution in [0.2, 0.25) is 0 Å². The van der Waals surface area contributed by atoms with Gasteiger partial charge in [-0.2, -0.15) is 0 Å². The minimum absolute atomic E-state index is 0.120. The van der Waals surface area contributed by atoms with E-state index >= 15 is 0 Å². The zero-order chi connectivity index (χ0) is 24.3.